The van der Waals surface area contributed by atoms with Crippen LogP contribution in [0.25, 0.3) is 11.0 Å². The molecule has 0 N–H and O–H groups in total. The monoisotopic (exact) mass is 374 g/mol. The van der Waals surface area contributed by atoms with Crippen molar-refractivity contribution in [3.8, 4) is 0 Å². The van der Waals surface area contributed by atoms with Gasteiger partial charge in [0.05, 0.1) is 18.3 Å². The quantitative estimate of drug-likeness (QED) is 0.631. The molecule has 0 aromatic carbocycles. The maximum absolute atomic E-state index is 12.6. The maximum atomic E-state index is 12.6. The Bertz CT molecular complexity index is 785. The van der Waals surface area contributed by atoms with E-state index in [9.17, 15) is 9.59 Å². The zero-order valence-corrected chi connectivity index (χ0v) is 16.9. The number of amides is 1. The van der Waals surface area contributed by atoms with Crippen LogP contribution in [0.3, 0.4) is 0 Å². The molecule has 0 bridgehead atoms. The van der Waals surface area contributed by atoms with Gasteiger partial charge >= 0.3 is 5.97 Å². The van der Waals surface area contributed by atoms with Crippen LogP contribution in [0, 0.1) is 12.8 Å². The lowest BCUT2D eigenvalue weighted by atomic mass is 10.0. The summed E-state index contributed by atoms with van der Waals surface area (Å²) in [5.74, 6) is 0.828. The van der Waals surface area contributed by atoms with Crippen molar-refractivity contribution in [2.45, 2.75) is 59.5 Å². The number of rotatable bonds is 9. The van der Waals surface area contributed by atoms with Gasteiger partial charge in [-0.05, 0) is 38.7 Å². The number of aromatic nitrogens is 3. The summed E-state index contributed by atoms with van der Waals surface area (Å²) < 4.78 is 7.25. The molecule has 2 heterocycles. The Labute approximate surface area is 160 Å². The van der Waals surface area contributed by atoms with Crippen LogP contribution in [-0.2, 0) is 20.9 Å². The highest BCUT2D eigenvalue weighted by Crippen LogP contribution is 2.17. The lowest BCUT2D eigenvalue weighted by Gasteiger charge is -2.28. The molecule has 2 rings (SSSR count). The van der Waals surface area contributed by atoms with Gasteiger partial charge in [0, 0.05) is 26.2 Å². The van der Waals surface area contributed by atoms with Gasteiger partial charge in [-0.25, -0.2) is 9.78 Å². The van der Waals surface area contributed by atoms with E-state index < -0.39 is 6.04 Å². The number of nitrogens with zero attached hydrogens (tertiary/aromatic N) is 4. The first-order valence-corrected chi connectivity index (χ1v) is 9.54. The zero-order valence-electron chi connectivity index (χ0n) is 16.9. The molecule has 7 heteroatoms. The predicted octanol–water partition coefficient (Wildman–Crippen LogP) is 2.96. The van der Waals surface area contributed by atoms with Crippen molar-refractivity contribution in [3.63, 3.8) is 0 Å². The number of hydrogen-bond acceptors (Lipinski definition) is 5. The molecule has 0 aliphatic carbocycles. The minimum absolute atomic E-state index is 0.0440. The molecule has 148 valence electrons. The topological polar surface area (TPSA) is 77.3 Å². The molecule has 27 heavy (non-hydrogen) atoms. The average molecular weight is 374 g/mol. The van der Waals surface area contributed by atoms with Gasteiger partial charge in [0.2, 0.25) is 5.91 Å². The van der Waals surface area contributed by atoms with Crippen LogP contribution in [0.5, 0.6) is 0 Å². The largest absolute Gasteiger partial charge is 0.464 e. The summed E-state index contributed by atoms with van der Waals surface area (Å²) in [5, 5.41) is 0. The molecular formula is C20H30N4O3. The molecule has 0 fully saturated rings. The molecule has 0 spiro atoms. The number of carbonyl (C=O) groups is 2. The Morgan fingerprint density at radius 2 is 2.07 bits per heavy atom. The molecule has 0 unspecified atom stereocenters. The number of fused-ring (bicyclic) bond motifs is 1. The Hall–Kier alpha value is -2.44. The van der Waals surface area contributed by atoms with Crippen molar-refractivity contribution in [1.29, 1.82) is 0 Å². The normalized spacial score (nSPS) is 12.4. The van der Waals surface area contributed by atoms with Crippen LogP contribution in [0.4, 0.5) is 0 Å². The molecule has 0 saturated carbocycles. The second kappa shape index (κ2) is 9.48. The summed E-state index contributed by atoms with van der Waals surface area (Å²) in [6.45, 7) is 8.81. The number of hydrogen-bond donors (Lipinski definition) is 0. The second-order valence-electron chi connectivity index (χ2n) is 7.18. The molecule has 0 aliphatic heterocycles. The van der Waals surface area contributed by atoms with Gasteiger partial charge < -0.3 is 14.2 Å². The highest BCUT2D eigenvalue weighted by molar-refractivity contribution is 5.84. The van der Waals surface area contributed by atoms with E-state index in [0.717, 1.165) is 16.9 Å². The van der Waals surface area contributed by atoms with Crippen molar-refractivity contribution < 1.29 is 14.3 Å². The van der Waals surface area contributed by atoms with E-state index in [-0.39, 0.29) is 11.9 Å². The minimum Gasteiger partial charge on any atom is -0.464 e. The van der Waals surface area contributed by atoms with Crippen molar-refractivity contribution >= 4 is 22.9 Å². The second-order valence-corrected chi connectivity index (χ2v) is 7.18. The van der Waals surface area contributed by atoms with Gasteiger partial charge in [-0.1, -0.05) is 13.8 Å². The van der Waals surface area contributed by atoms with Crippen LogP contribution >= 0.6 is 0 Å². The standard InChI is InChI=1S/C20H30N4O3/c1-6-27-20(26)18(12-14(2)3)23(5)19(25)8-7-11-24-15(4)22-16-13-21-10-9-17(16)24/h9-10,13-14,18H,6-8,11-12H2,1-5H3/t18-/m0/s1. The summed E-state index contributed by atoms with van der Waals surface area (Å²) in [4.78, 5) is 35.0. The van der Waals surface area contributed by atoms with Gasteiger partial charge in [-0.2, -0.15) is 0 Å². The Kier molecular flexibility index (Phi) is 7.33. The van der Waals surface area contributed by atoms with Crippen molar-refractivity contribution in [2.24, 2.45) is 5.92 Å². The lowest BCUT2D eigenvalue weighted by molar-refractivity contribution is -0.154. The molecule has 2 aromatic rings. The smallest absolute Gasteiger partial charge is 0.328 e. The third-order valence-corrected chi connectivity index (χ3v) is 4.63. The summed E-state index contributed by atoms with van der Waals surface area (Å²) in [6.07, 6.45) is 5.13. The van der Waals surface area contributed by atoms with E-state index >= 15 is 0 Å². The fraction of sp³-hybridized carbons (Fsp3) is 0.600. The number of pyridine rings is 1. The molecule has 1 amide bonds. The van der Waals surface area contributed by atoms with Crippen molar-refractivity contribution in [1.82, 2.24) is 19.4 Å². The molecule has 0 saturated heterocycles. The number of imidazole rings is 1. The van der Waals surface area contributed by atoms with Gasteiger partial charge in [-0.3, -0.25) is 9.78 Å². The molecule has 0 radical (unpaired) electrons. The van der Waals surface area contributed by atoms with E-state index in [2.05, 4.69) is 14.5 Å². The fourth-order valence-corrected chi connectivity index (χ4v) is 3.22. The van der Waals surface area contributed by atoms with E-state index in [0.29, 0.717) is 38.3 Å². The molecule has 2 aromatic heterocycles. The number of aryl methyl sites for hydroxylation is 2. The molecule has 1 atom stereocenters. The number of ether oxygens (including phenoxy) is 1. The van der Waals surface area contributed by atoms with E-state index in [1.54, 1.807) is 31.3 Å². The number of carbonyl (C=O) groups excluding carboxylic acids is 2. The summed E-state index contributed by atoms with van der Waals surface area (Å²) in [7, 11) is 1.69. The Morgan fingerprint density at radius 1 is 1.33 bits per heavy atom. The summed E-state index contributed by atoms with van der Waals surface area (Å²) >= 11 is 0. The average Bonchev–Trinajstić information content (AvgIpc) is 2.94. The SMILES string of the molecule is CCOC(=O)[C@H](CC(C)C)N(C)C(=O)CCCn1c(C)nc2cnccc21. The van der Waals surface area contributed by atoms with E-state index in [4.69, 9.17) is 4.74 Å². The van der Waals surface area contributed by atoms with Crippen LogP contribution in [0.1, 0.15) is 45.9 Å². The number of esters is 1. The zero-order chi connectivity index (χ0) is 20.0. The molecule has 7 nitrogen and oxygen atoms in total. The highest BCUT2D eigenvalue weighted by atomic mass is 16.5. The van der Waals surface area contributed by atoms with Gasteiger partial charge in [-0.15, -0.1) is 0 Å². The van der Waals surface area contributed by atoms with E-state index in [1.165, 1.54) is 0 Å². The third kappa shape index (κ3) is 5.28. The van der Waals surface area contributed by atoms with Crippen molar-refractivity contribution in [3.05, 3.63) is 24.3 Å². The fourth-order valence-electron chi connectivity index (χ4n) is 3.22. The number of likely N-dealkylation sites (N-methyl/N-ethyl adjacent to an activating group) is 1. The van der Waals surface area contributed by atoms with Crippen LogP contribution in [0.15, 0.2) is 18.5 Å². The van der Waals surface area contributed by atoms with Gasteiger partial charge in [0.1, 0.15) is 17.4 Å². The summed E-state index contributed by atoms with van der Waals surface area (Å²) in [5.41, 5.74) is 1.88. The van der Waals surface area contributed by atoms with Crippen LogP contribution < -0.4 is 0 Å². The lowest BCUT2D eigenvalue weighted by Crippen LogP contribution is -2.44. The Morgan fingerprint density at radius 3 is 2.74 bits per heavy atom. The third-order valence-electron chi connectivity index (χ3n) is 4.63. The predicted molar refractivity (Wildman–Crippen MR) is 104 cm³/mol. The Balaban J connectivity index is 1.98. The van der Waals surface area contributed by atoms with Gasteiger partial charge in [0.15, 0.2) is 0 Å². The van der Waals surface area contributed by atoms with Gasteiger partial charge in [0.25, 0.3) is 0 Å². The molecular weight excluding hydrogens is 344 g/mol. The maximum Gasteiger partial charge on any atom is 0.328 e. The van der Waals surface area contributed by atoms with Crippen LogP contribution in [0.2, 0.25) is 0 Å². The van der Waals surface area contributed by atoms with E-state index in [1.807, 2.05) is 26.8 Å². The van der Waals surface area contributed by atoms with Crippen molar-refractivity contribution in [2.75, 3.05) is 13.7 Å². The first-order valence-electron chi connectivity index (χ1n) is 9.54. The first kappa shape index (κ1) is 20.9. The minimum atomic E-state index is -0.528. The summed E-state index contributed by atoms with van der Waals surface area (Å²) in [6, 6.07) is 1.40. The highest BCUT2D eigenvalue weighted by Gasteiger charge is 2.28. The molecule has 0 aliphatic rings. The van der Waals surface area contributed by atoms with Crippen LogP contribution in [-0.4, -0.2) is 51.0 Å². The first-order chi connectivity index (χ1) is 12.8.